The molecule has 2 saturated carbocycles. The zero-order valence-electron chi connectivity index (χ0n) is 17.7. The van der Waals surface area contributed by atoms with Crippen LogP contribution in [0.1, 0.15) is 77.3 Å². The minimum Gasteiger partial charge on any atom is -0.497 e. The smallest absolute Gasteiger partial charge is 0.119 e. The Kier molecular flexibility index (Phi) is 4.63. The minimum absolute atomic E-state index is 0.106. The lowest BCUT2D eigenvalue weighted by Crippen LogP contribution is -2.54. The maximum absolute atomic E-state index is 11.9. The summed E-state index contributed by atoms with van der Waals surface area (Å²) in [6.07, 6.45) is 7.84. The Morgan fingerprint density at radius 2 is 1.89 bits per heavy atom. The number of fused-ring (bicyclic) bond motifs is 5. The molecule has 3 aliphatic carbocycles. The van der Waals surface area contributed by atoms with Gasteiger partial charge in [-0.05, 0) is 106 Å². The van der Waals surface area contributed by atoms with Crippen molar-refractivity contribution in [2.24, 2.45) is 17.3 Å². The third-order valence-electron chi connectivity index (χ3n) is 7.85. The zero-order valence-corrected chi connectivity index (χ0v) is 17.7. The van der Waals surface area contributed by atoms with Gasteiger partial charge in [0, 0.05) is 0 Å². The molecule has 3 nitrogen and oxygen atoms in total. The average Bonchev–Trinajstić information content (AvgIpc) is 2.98. The lowest BCUT2D eigenvalue weighted by molar-refractivity contribution is -0.177. The van der Waals surface area contributed by atoms with Crippen LogP contribution in [0.3, 0.4) is 0 Å². The van der Waals surface area contributed by atoms with Crippen molar-refractivity contribution in [3.05, 3.63) is 29.3 Å². The highest BCUT2D eigenvalue weighted by Crippen LogP contribution is 2.64. The van der Waals surface area contributed by atoms with Crippen molar-refractivity contribution in [2.45, 2.75) is 89.9 Å². The molecule has 3 heteroatoms. The highest BCUT2D eigenvalue weighted by atomic mass is 16.5. The summed E-state index contributed by atoms with van der Waals surface area (Å²) >= 11 is 0. The van der Waals surface area contributed by atoms with E-state index in [9.17, 15) is 5.11 Å². The summed E-state index contributed by atoms with van der Waals surface area (Å²) in [6.45, 7) is 8.86. The van der Waals surface area contributed by atoms with Crippen molar-refractivity contribution in [3.8, 4) is 5.75 Å². The van der Waals surface area contributed by atoms with Crippen LogP contribution in [0.15, 0.2) is 18.2 Å². The lowest BCUT2D eigenvalue weighted by Gasteiger charge is -2.56. The molecule has 150 valence electrons. The Balaban J connectivity index is 1.68. The molecule has 1 aromatic rings. The van der Waals surface area contributed by atoms with Crippen LogP contribution >= 0.6 is 0 Å². The third-order valence-corrected chi connectivity index (χ3v) is 7.85. The van der Waals surface area contributed by atoms with Gasteiger partial charge in [-0.25, -0.2) is 0 Å². The van der Waals surface area contributed by atoms with E-state index in [0.29, 0.717) is 17.9 Å². The molecule has 0 heterocycles. The standard InChI is InChI=1S/C24H36O3/c1-6-23-13-14-24(25)18-10-8-17(26-5)15-16(18)7-9-20(24)19(23)11-12-21(23)27-22(2,3)4/h8,10,15,19-21,25H,6-7,9,11-14H2,1-5H3/t19-,20-,21-,23-,24-/m0/s1. The fourth-order valence-electron chi connectivity index (χ4n) is 6.72. The fraction of sp³-hybridized carbons (Fsp3) is 0.750. The van der Waals surface area contributed by atoms with Crippen molar-refractivity contribution in [3.63, 3.8) is 0 Å². The van der Waals surface area contributed by atoms with Crippen molar-refractivity contribution >= 4 is 0 Å². The van der Waals surface area contributed by atoms with Gasteiger partial charge in [0.1, 0.15) is 5.75 Å². The molecule has 0 aromatic heterocycles. The van der Waals surface area contributed by atoms with Crippen LogP contribution in [-0.4, -0.2) is 23.9 Å². The maximum atomic E-state index is 11.9. The second-order valence-electron chi connectivity index (χ2n) is 10.1. The van der Waals surface area contributed by atoms with Gasteiger partial charge >= 0.3 is 0 Å². The normalized spacial score (nSPS) is 38.1. The number of methoxy groups -OCH3 is 1. The fourth-order valence-corrected chi connectivity index (χ4v) is 6.72. The van der Waals surface area contributed by atoms with Gasteiger partial charge < -0.3 is 14.6 Å². The first-order valence-electron chi connectivity index (χ1n) is 10.8. The first kappa shape index (κ1) is 19.3. The molecule has 4 rings (SSSR count). The van der Waals surface area contributed by atoms with Crippen LogP contribution < -0.4 is 4.74 Å². The average molecular weight is 373 g/mol. The van der Waals surface area contributed by atoms with Crippen molar-refractivity contribution < 1.29 is 14.6 Å². The summed E-state index contributed by atoms with van der Waals surface area (Å²) in [6, 6.07) is 6.27. The van der Waals surface area contributed by atoms with E-state index in [-0.39, 0.29) is 11.0 Å². The molecule has 0 saturated heterocycles. The summed E-state index contributed by atoms with van der Waals surface area (Å²) < 4.78 is 12.0. The summed E-state index contributed by atoms with van der Waals surface area (Å²) in [5.41, 5.74) is 1.88. The van der Waals surface area contributed by atoms with E-state index < -0.39 is 5.60 Å². The molecular weight excluding hydrogens is 336 g/mol. The number of hydrogen-bond acceptors (Lipinski definition) is 3. The predicted octanol–water partition coefficient (Wildman–Crippen LogP) is 5.23. The maximum Gasteiger partial charge on any atom is 0.119 e. The molecule has 0 unspecified atom stereocenters. The molecule has 2 fully saturated rings. The second-order valence-corrected chi connectivity index (χ2v) is 10.1. The highest BCUT2D eigenvalue weighted by molar-refractivity contribution is 5.42. The van der Waals surface area contributed by atoms with E-state index in [2.05, 4.69) is 39.8 Å². The van der Waals surface area contributed by atoms with Gasteiger partial charge in [0.15, 0.2) is 0 Å². The molecule has 27 heavy (non-hydrogen) atoms. The van der Waals surface area contributed by atoms with Crippen LogP contribution in [0.25, 0.3) is 0 Å². The van der Waals surface area contributed by atoms with Crippen molar-refractivity contribution in [1.82, 2.24) is 0 Å². The highest BCUT2D eigenvalue weighted by Gasteiger charge is 2.61. The number of hydrogen-bond donors (Lipinski definition) is 1. The van der Waals surface area contributed by atoms with Gasteiger partial charge in [-0.1, -0.05) is 13.0 Å². The van der Waals surface area contributed by atoms with Crippen molar-refractivity contribution in [2.75, 3.05) is 7.11 Å². The van der Waals surface area contributed by atoms with Crippen LogP contribution in [0, 0.1) is 17.3 Å². The number of aryl methyl sites for hydroxylation is 1. The van der Waals surface area contributed by atoms with E-state index in [1.165, 1.54) is 12.0 Å². The number of benzene rings is 1. The van der Waals surface area contributed by atoms with Crippen LogP contribution in [0.5, 0.6) is 5.75 Å². The molecule has 0 bridgehead atoms. The molecule has 0 amide bonds. The van der Waals surface area contributed by atoms with Gasteiger partial charge in [0.2, 0.25) is 0 Å². The SMILES string of the molecule is CC[C@]12CC[C@]3(O)c4ccc(OC)cc4CC[C@H]3[C@@H]1CC[C@@H]2OC(C)(C)C. The molecule has 1 N–H and O–H groups in total. The van der Waals surface area contributed by atoms with Gasteiger partial charge in [-0.15, -0.1) is 0 Å². The summed E-state index contributed by atoms with van der Waals surface area (Å²) in [5, 5.41) is 11.9. The Hall–Kier alpha value is -1.06. The van der Waals surface area contributed by atoms with E-state index in [4.69, 9.17) is 9.47 Å². The zero-order chi connectivity index (χ0) is 19.4. The molecular formula is C24H36O3. The Bertz CT molecular complexity index is 706. The van der Waals surface area contributed by atoms with Gasteiger partial charge in [0.25, 0.3) is 0 Å². The molecule has 0 spiro atoms. The third kappa shape index (κ3) is 2.93. The number of rotatable bonds is 3. The van der Waals surface area contributed by atoms with E-state index in [1.807, 2.05) is 6.07 Å². The van der Waals surface area contributed by atoms with Gasteiger partial charge in [0.05, 0.1) is 24.4 Å². The topological polar surface area (TPSA) is 38.7 Å². The number of aliphatic hydroxyl groups is 1. The van der Waals surface area contributed by atoms with Gasteiger partial charge in [-0.2, -0.15) is 0 Å². The van der Waals surface area contributed by atoms with Crippen LogP contribution in [0.4, 0.5) is 0 Å². The Morgan fingerprint density at radius 1 is 1.11 bits per heavy atom. The molecule has 0 aliphatic heterocycles. The second kappa shape index (κ2) is 6.49. The quantitative estimate of drug-likeness (QED) is 0.790. The van der Waals surface area contributed by atoms with Crippen LogP contribution in [-0.2, 0) is 16.8 Å². The number of ether oxygens (including phenoxy) is 2. The molecule has 1 aromatic carbocycles. The first-order valence-corrected chi connectivity index (χ1v) is 10.8. The Labute approximate surface area is 164 Å². The monoisotopic (exact) mass is 372 g/mol. The first-order chi connectivity index (χ1) is 12.7. The van der Waals surface area contributed by atoms with Crippen LogP contribution in [0.2, 0.25) is 0 Å². The predicted molar refractivity (Wildman–Crippen MR) is 108 cm³/mol. The molecule has 5 atom stereocenters. The van der Waals surface area contributed by atoms with E-state index in [0.717, 1.165) is 49.8 Å². The summed E-state index contributed by atoms with van der Waals surface area (Å²) in [5.74, 6) is 1.80. The Morgan fingerprint density at radius 3 is 2.56 bits per heavy atom. The van der Waals surface area contributed by atoms with Gasteiger partial charge in [-0.3, -0.25) is 0 Å². The lowest BCUT2D eigenvalue weighted by atomic mass is 9.52. The summed E-state index contributed by atoms with van der Waals surface area (Å²) in [7, 11) is 1.71. The molecule has 3 aliphatic rings. The summed E-state index contributed by atoms with van der Waals surface area (Å²) in [4.78, 5) is 0. The van der Waals surface area contributed by atoms with E-state index in [1.54, 1.807) is 7.11 Å². The largest absolute Gasteiger partial charge is 0.497 e. The van der Waals surface area contributed by atoms with E-state index >= 15 is 0 Å². The minimum atomic E-state index is -0.681. The van der Waals surface area contributed by atoms with Crippen molar-refractivity contribution in [1.29, 1.82) is 0 Å². The molecule has 0 radical (unpaired) electrons.